The molecule has 128 valence electrons. The zero-order valence-electron chi connectivity index (χ0n) is 14.8. The summed E-state index contributed by atoms with van der Waals surface area (Å²) in [6.45, 7) is 5.49. The van der Waals surface area contributed by atoms with Gasteiger partial charge in [0.25, 0.3) is 0 Å². The summed E-state index contributed by atoms with van der Waals surface area (Å²) in [6, 6.07) is 0. The van der Waals surface area contributed by atoms with Gasteiger partial charge in [0.15, 0.2) is 0 Å². The maximum atomic E-state index is 9.84. The van der Waals surface area contributed by atoms with Crippen LogP contribution >= 0.6 is 0 Å². The van der Waals surface area contributed by atoms with Gasteiger partial charge in [0, 0.05) is 0 Å². The molecule has 21 heavy (non-hydrogen) atoms. The van der Waals surface area contributed by atoms with Gasteiger partial charge < -0.3 is 5.11 Å². The lowest BCUT2D eigenvalue weighted by atomic mass is 10.1. The van der Waals surface area contributed by atoms with Gasteiger partial charge >= 0.3 is 0 Å². The molecule has 0 fully saturated rings. The van der Waals surface area contributed by atoms with Crippen LogP contribution in [0.4, 0.5) is 0 Å². The summed E-state index contributed by atoms with van der Waals surface area (Å²) in [6.07, 6.45) is 19.3. The molecule has 0 radical (unpaired) electrons. The molecule has 0 saturated heterocycles. The first kappa shape index (κ1) is 20.9. The van der Waals surface area contributed by atoms with Gasteiger partial charge in [0.2, 0.25) is 0 Å². The molecule has 0 spiro atoms. The van der Waals surface area contributed by atoms with Crippen LogP contribution in [0.2, 0.25) is 0 Å². The maximum Gasteiger partial charge on any atom is 0.104 e. The van der Waals surface area contributed by atoms with Crippen LogP contribution in [0.25, 0.3) is 0 Å². The van der Waals surface area contributed by atoms with Crippen molar-refractivity contribution in [1.82, 2.24) is 5.32 Å². The van der Waals surface area contributed by atoms with E-state index in [9.17, 15) is 5.11 Å². The highest BCUT2D eigenvalue weighted by Gasteiger charge is 2.02. The first-order valence-corrected chi connectivity index (χ1v) is 9.72. The van der Waals surface area contributed by atoms with Gasteiger partial charge in [-0.1, -0.05) is 90.9 Å². The van der Waals surface area contributed by atoms with E-state index in [0.29, 0.717) is 0 Å². The van der Waals surface area contributed by atoms with E-state index in [-0.39, 0.29) is 6.23 Å². The Hall–Kier alpha value is -0.0800. The van der Waals surface area contributed by atoms with Crippen molar-refractivity contribution in [1.29, 1.82) is 0 Å². The van der Waals surface area contributed by atoms with E-state index in [1.165, 1.54) is 89.9 Å². The van der Waals surface area contributed by atoms with Crippen LogP contribution in [0.1, 0.15) is 110 Å². The molecule has 2 heteroatoms. The minimum absolute atomic E-state index is 0.277. The summed E-state index contributed by atoms with van der Waals surface area (Å²) in [5.74, 6) is 0. The molecule has 0 heterocycles. The van der Waals surface area contributed by atoms with E-state index in [4.69, 9.17) is 0 Å². The molecule has 0 aromatic rings. The Morgan fingerprint density at radius 1 is 0.619 bits per heavy atom. The first-order chi connectivity index (χ1) is 10.3. The van der Waals surface area contributed by atoms with Gasteiger partial charge in [-0.3, -0.25) is 5.32 Å². The number of unbranched alkanes of at least 4 members (excludes halogenated alkanes) is 12. The van der Waals surface area contributed by atoms with Crippen LogP contribution in [0.5, 0.6) is 0 Å². The van der Waals surface area contributed by atoms with Crippen LogP contribution in [-0.2, 0) is 0 Å². The largest absolute Gasteiger partial charge is 0.379 e. The third-order valence-corrected chi connectivity index (χ3v) is 4.24. The normalized spacial score (nSPS) is 12.7. The Balaban J connectivity index is 3.10. The van der Waals surface area contributed by atoms with Gasteiger partial charge in [-0.2, -0.15) is 0 Å². The van der Waals surface area contributed by atoms with Crippen LogP contribution in [-0.4, -0.2) is 17.9 Å². The van der Waals surface area contributed by atoms with Gasteiger partial charge in [-0.15, -0.1) is 0 Å². The molecule has 2 N–H and O–H groups in total. The Morgan fingerprint density at radius 2 is 1.05 bits per heavy atom. The molecule has 0 aliphatic heterocycles. The highest BCUT2D eigenvalue weighted by Crippen LogP contribution is 2.11. The van der Waals surface area contributed by atoms with Gasteiger partial charge in [-0.25, -0.2) is 0 Å². The number of nitrogens with one attached hydrogen (secondary N) is 1. The van der Waals surface area contributed by atoms with Gasteiger partial charge in [0.05, 0.1) is 0 Å². The third kappa shape index (κ3) is 17.9. The van der Waals surface area contributed by atoms with Crippen molar-refractivity contribution in [3.05, 3.63) is 0 Å². The molecule has 0 aliphatic carbocycles. The molecular formula is C19H41NO. The summed E-state index contributed by atoms with van der Waals surface area (Å²) in [4.78, 5) is 0. The topological polar surface area (TPSA) is 32.3 Å². The van der Waals surface area contributed by atoms with E-state index < -0.39 is 0 Å². The molecule has 0 amide bonds. The second-order valence-corrected chi connectivity index (χ2v) is 6.50. The molecule has 0 aromatic heterocycles. The van der Waals surface area contributed by atoms with Gasteiger partial charge in [0.1, 0.15) is 6.23 Å². The second-order valence-electron chi connectivity index (χ2n) is 6.50. The Bertz CT molecular complexity index is 184. The average molecular weight is 300 g/mol. The standard InChI is InChI=1S/C19H41NO/c1-3-5-7-9-10-11-12-13-15-17-19(21)20-18-16-14-8-6-4-2/h19-21H,3-18H2,1-2H3. The van der Waals surface area contributed by atoms with Crippen molar-refractivity contribution in [2.75, 3.05) is 6.54 Å². The van der Waals surface area contributed by atoms with Gasteiger partial charge in [-0.05, 0) is 25.8 Å². The van der Waals surface area contributed by atoms with E-state index >= 15 is 0 Å². The lowest BCUT2D eigenvalue weighted by Crippen LogP contribution is -2.29. The Labute approximate surface area is 134 Å². The minimum atomic E-state index is -0.277. The first-order valence-electron chi connectivity index (χ1n) is 9.72. The number of aliphatic hydroxyl groups is 1. The van der Waals surface area contributed by atoms with Crippen molar-refractivity contribution < 1.29 is 5.11 Å². The summed E-state index contributed by atoms with van der Waals surface area (Å²) in [5, 5.41) is 13.1. The van der Waals surface area contributed by atoms with Crippen LogP contribution < -0.4 is 5.32 Å². The van der Waals surface area contributed by atoms with E-state index in [1.807, 2.05) is 0 Å². The SMILES string of the molecule is CCCCCCCCCCCC(O)NCCCCCCC. The van der Waals surface area contributed by atoms with Crippen molar-refractivity contribution in [3.8, 4) is 0 Å². The van der Waals surface area contributed by atoms with Crippen molar-refractivity contribution >= 4 is 0 Å². The zero-order valence-corrected chi connectivity index (χ0v) is 14.8. The highest BCUT2D eigenvalue weighted by molar-refractivity contribution is 4.56. The molecule has 0 aromatic carbocycles. The molecule has 1 unspecified atom stereocenters. The molecule has 0 rings (SSSR count). The van der Waals surface area contributed by atoms with Crippen LogP contribution in [0, 0.1) is 0 Å². The zero-order chi connectivity index (χ0) is 15.6. The molecule has 0 aliphatic rings. The average Bonchev–Trinajstić information content (AvgIpc) is 2.49. The molecule has 2 nitrogen and oxygen atoms in total. The quantitative estimate of drug-likeness (QED) is 0.263. The number of hydrogen-bond donors (Lipinski definition) is 2. The fourth-order valence-corrected chi connectivity index (χ4v) is 2.75. The molecule has 1 atom stereocenters. The predicted octanol–water partition coefficient (Wildman–Crippen LogP) is 5.79. The van der Waals surface area contributed by atoms with E-state index in [1.54, 1.807) is 0 Å². The molecular weight excluding hydrogens is 258 g/mol. The minimum Gasteiger partial charge on any atom is -0.379 e. The summed E-state index contributed by atoms with van der Waals surface area (Å²) in [7, 11) is 0. The van der Waals surface area contributed by atoms with Crippen molar-refractivity contribution in [3.63, 3.8) is 0 Å². The molecule has 0 bridgehead atoms. The van der Waals surface area contributed by atoms with Crippen LogP contribution in [0.3, 0.4) is 0 Å². The fraction of sp³-hybridized carbons (Fsp3) is 1.00. The summed E-state index contributed by atoms with van der Waals surface area (Å²) in [5.41, 5.74) is 0. The Morgan fingerprint density at radius 3 is 1.57 bits per heavy atom. The molecule has 0 saturated carbocycles. The second kappa shape index (κ2) is 18.0. The van der Waals surface area contributed by atoms with E-state index in [2.05, 4.69) is 19.2 Å². The Kier molecular flexibility index (Phi) is 17.9. The number of hydrogen-bond acceptors (Lipinski definition) is 2. The number of rotatable bonds is 17. The van der Waals surface area contributed by atoms with Crippen molar-refractivity contribution in [2.45, 2.75) is 116 Å². The summed E-state index contributed by atoms with van der Waals surface area (Å²) >= 11 is 0. The van der Waals surface area contributed by atoms with Crippen molar-refractivity contribution in [2.24, 2.45) is 0 Å². The number of aliphatic hydroxyl groups excluding tert-OH is 1. The highest BCUT2D eigenvalue weighted by atomic mass is 16.3. The third-order valence-electron chi connectivity index (χ3n) is 4.24. The smallest absolute Gasteiger partial charge is 0.104 e. The lowest BCUT2D eigenvalue weighted by molar-refractivity contribution is 0.124. The lowest BCUT2D eigenvalue weighted by Gasteiger charge is -2.12. The monoisotopic (exact) mass is 299 g/mol. The van der Waals surface area contributed by atoms with E-state index in [0.717, 1.165) is 13.0 Å². The summed E-state index contributed by atoms with van der Waals surface area (Å²) < 4.78 is 0. The maximum absolute atomic E-state index is 9.84. The predicted molar refractivity (Wildman–Crippen MR) is 94.6 cm³/mol. The fourth-order valence-electron chi connectivity index (χ4n) is 2.75. The van der Waals surface area contributed by atoms with Crippen LogP contribution in [0.15, 0.2) is 0 Å².